The molecular formula is C11H18N2S. The van der Waals surface area contributed by atoms with E-state index in [1.807, 2.05) is 6.20 Å². The van der Waals surface area contributed by atoms with Gasteiger partial charge in [-0.25, -0.2) is 4.37 Å². The molecule has 1 aliphatic heterocycles. The topological polar surface area (TPSA) is 24.9 Å². The van der Waals surface area contributed by atoms with Gasteiger partial charge in [0, 0.05) is 11.1 Å². The molecular weight excluding hydrogens is 192 g/mol. The van der Waals surface area contributed by atoms with Gasteiger partial charge in [-0.15, -0.1) is 0 Å². The van der Waals surface area contributed by atoms with Crippen molar-refractivity contribution in [1.82, 2.24) is 9.69 Å². The van der Waals surface area contributed by atoms with Crippen molar-refractivity contribution in [1.29, 1.82) is 0 Å². The first-order chi connectivity index (χ1) is 6.56. The summed E-state index contributed by atoms with van der Waals surface area (Å²) in [6.45, 7) is 8.07. The Labute approximate surface area is 89.9 Å². The van der Waals surface area contributed by atoms with Gasteiger partial charge in [-0.05, 0) is 42.4 Å². The summed E-state index contributed by atoms with van der Waals surface area (Å²) in [6, 6.07) is 2.16. The first-order valence-corrected chi connectivity index (χ1v) is 6.00. The molecule has 2 rings (SSSR count). The van der Waals surface area contributed by atoms with Crippen molar-refractivity contribution in [3.63, 3.8) is 0 Å². The molecule has 1 atom stereocenters. The number of nitrogens with one attached hydrogen (secondary N) is 1. The molecule has 0 bridgehead atoms. The standard InChI is InChI=1S/C11H18N2S/c1-10(2,3)11(6-4-7-12-11)9-5-8-13-14-9/h5,8,12H,4,6-7H2,1-3H3. The molecule has 0 amide bonds. The van der Waals surface area contributed by atoms with E-state index < -0.39 is 0 Å². The Bertz CT molecular complexity index is 292. The summed E-state index contributed by atoms with van der Waals surface area (Å²) in [5, 5.41) is 3.68. The van der Waals surface area contributed by atoms with Gasteiger partial charge in [-0.1, -0.05) is 20.8 Å². The van der Waals surface area contributed by atoms with Crippen LogP contribution in [0.1, 0.15) is 38.5 Å². The van der Waals surface area contributed by atoms with Crippen LogP contribution in [0.2, 0.25) is 0 Å². The Balaban J connectivity index is 2.42. The summed E-state index contributed by atoms with van der Waals surface area (Å²) in [5.74, 6) is 0. The molecule has 1 unspecified atom stereocenters. The quantitative estimate of drug-likeness (QED) is 0.771. The van der Waals surface area contributed by atoms with Gasteiger partial charge >= 0.3 is 0 Å². The zero-order valence-corrected chi connectivity index (χ0v) is 9.95. The Kier molecular flexibility index (Phi) is 2.40. The van der Waals surface area contributed by atoms with Crippen LogP contribution in [0.3, 0.4) is 0 Å². The van der Waals surface area contributed by atoms with Crippen molar-refractivity contribution in [2.24, 2.45) is 5.41 Å². The number of hydrogen-bond acceptors (Lipinski definition) is 3. The minimum absolute atomic E-state index is 0.161. The predicted octanol–water partition coefficient (Wildman–Crippen LogP) is 2.77. The van der Waals surface area contributed by atoms with E-state index in [0.717, 1.165) is 6.54 Å². The summed E-state index contributed by atoms with van der Waals surface area (Å²) in [7, 11) is 0. The normalized spacial score (nSPS) is 28.2. The lowest BCUT2D eigenvalue weighted by Crippen LogP contribution is -2.47. The van der Waals surface area contributed by atoms with E-state index in [4.69, 9.17) is 0 Å². The van der Waals surface area contributed by atoms with E-state index in [1.165, 1.54) is 17.7 Å². The van der Waals surface area contributed by atoms with Crippen LogP contribution in [0.4, 0.5) is 0 Å². The average Bonchev–Trinajstić information content (AvgIpc) is 2.74. The molecule has 14 heavy (non-hydrogen) atoms. The fraction of sp³-hybridized carbons (Fsp3) is 0.727. The largest absolute Gasteiger partial charge is 0.306 e. The Morgan fingerprint density at radius 1 is 1.50 bits per heavy atom. The highest BCUT2D eigenvalue weighted by Crippen LogP contribution is 2.46. The first-order valence-electron chi connectivity index (χ1n) is 5.22. The fourth-order valence-electron chi connectivity index (χ4n) is 2.40. The third-order valence-electron chi connectivity index (χ3n) is 3.29. The van der Waals surface area contributed by atoms with Crippen molar-refractivity contribution in [2.75, 3.05) is 6.54 Å². The van der Waals surface area contributed by atoms with Crippen molar-refractivity contribution in [2.45, 2.75) is 39.2 Å². The van der Waals surface area contributed by atoms with Gasteiger partial charge in [-0.2, -0.15) is 0 Å². The molecule has 78 valence electrons. The highest BCUT2D eigenvalue weighted by Gasteiger charge is 2.46. The van der Waals surface area contributed by atoms with Crippen LogP contribution < -0.4 is 5.32 Å². The zero-order valence-electron chi connectivity index (χ0n) is 9.13. The highest BCUT2D eigenvalue weighted by atomic mass is 32.1. The van der Waals surface area contributed by atoms with Crippen molar-refractivity contribution in [3.8, 4) is 0 Å². The van der Waals surface area contributed by atoms with E-state index in [0.29, 0.717) is 0 Å². The number of hydrogen-bond donors (Lipinski definition) is 1. The van der Waals surface area contributed by atoms with Crippen LogP contribution in [0.5, 0.6) is 0 Å². The summed E-state index contributed by atoms with van der Waals surface area (Å²) in [4.78, 5) is 1.39. The van der Waals surface area contributed by atoms with E-state index >= 15 is 0 Å². The summed E-state index contributed by atoms with van der Waals surface area (Å²) >= 11 is 1.63. The molecule has 0 saturated carbocycles. The monoisotopic (exact) mass is 210 g/mol. The molecule has 0 aromatic carbocycles. The van der Waals surface area contributed by atoms with E-state index in [9.17, 15) is 0 Å². The maximum absolute atomic E-state index is 4.23. The summed E-state index contributed by atoms with van der Waals surface area (Å²) in [6.07, 6.45) is 4.42. The highest BCUT2D eigenvalue weighted by molar-refractivity contribution is 7.05. The molecule has 3 heteroatoms. The molecule has 0 radical (unpaired) electrons. The molecule has 1 aromatic heterocycles. The average molecular weight is 210 g/mol. The lowest BCUT2D eigenvalue weighted by Gasteiger charge is -2.41. The molecule has 1 aliphatic rings. The molecule has 0 spiro atoms. The van der Waals surface area contributed by atoms with Crippen LogP contribution in [0.25, 0.3) is 0 Å². The number of aromatic nitrogens is 1. The second kappa shape index (κ2) is 3.31. The van der Waals surface area contributed by atoms with Crippen molar-refractivity contribution >= 4 is 11.5 Å². The van der Waals surface area contributed by atoms with Gasteiger partial charge in [-0.3, -0.25) is 0 Å². The second-order valence-electron chi connectivity index (χ2n) is 5.06. The van der Waals surface area contributed by atoms with Gasteiger partial charge < -0.3 is 5.32 Å². The van der Waals surface area contributed by atoms with Crippen molar-refractivity contribution < 1.29 is 0 Å². The van der Waals surface area contributed by atoms with E-state index in [1.54, 1.807) is 11.5 Å². The van der Waals surface area contributed by atoms with Crippen molar-refractivity contribution in [3.05, 3.63) is 17.1 Å². The van der Waals surface area contributed by atoms with Gasteiger partial charge in [0.2, 0.25) is 0 Å². The zero-order chi connectivity index (χ0) is 10.2. The van der Waals surface area contributed by atoms with Gasteiger partial charge in [0.25, 0.3) is 0 Å². The molecule has 1 fully saturated rings. The lowest BCUT2D eigenvalue weighted by atomic mass is 9.72. The van der Waals surface area contributed by atoms with Crippen LogP contribution in [0, 0.1) is 5.41 Å². The third-order valence-corrected chi connectivity index (χ3v) is 4.20. The van der Waals surface area contributed by atoms with Crippen LogP contribution in [-0.4, -0.2) is 10.9 Å². The minimum Gasteiger partial charge on any atom is -0.306 e. The molecule has 1 aromatic rings. The van der Waals surface area contributed by atoms with Crippen LogP contribution in [0.15, 0.2) is 12.3 Å². The van der Waals surface area contributed by atoms with Crippen LogP contribution in [-0.2, 0) is 5.54 Å². The lowest BCUT2D eigenvalue weighted by molar-refractivity contribution is 0.165. The molecule has 1 N–H and O–H groups in total. The molecule has 2 heterocycles. The van der Waals surface area contributed by atoms with Gasteiger partial charge in [0.1, 0.15) is 0 Å². The number of nitrogens with zero attached hydrogens (tertiary/aromatic N) is 1. The summed E-state index contributed by atoms with van der Waals surface area (Å²) < 4.78 is 4.23. The first kappa shape index (κ1) is 10.1. The minimum atomic E-state index is 0.161. The summed E-state index contributed by atoms with van der Waals surface area (Å²) in [5.41, 5.74) is 0.421. The smallest absolute Gasteiger partial charge is 0.0594 e. The maximum Gasteiger partial charge on any atom is 0.0594 e. The van der Waals surface area contributed by atoms with Crippen LogP contribution >= 0.6 is 11.5 Å². The van der Waals surface area contributed by atoms with Gasteiger partial charge in [0.15, 0.2) is 0 Å². The molecule has 1 saturated heterocycles. The fourth-order valence-corrected chi connectivity index (χ4v) is 3.39. The Morgan fingerprint density at radius 2 is 2.29 bits per heavy atom. The SMILES string of the molecule is CC(C)(C)C1(c2ccns2)CCCN1. The van der Waals surface area contributed by atoms with Gasteiger partial charge in [0.05, 0.1) is 5.54 Å². The molecule has 2 nitrogen and oxygen atoms in total. The third kappa shape index (κ3) is 1.39. The van der Waals surface area contributed by atoms with E-state index in [-0.39, 0.29) is 11.0 Å². The Hall–Kier alpha value is -0.410. The molecule has 0 aliphatic carbocycles. The van der Waals surface area contributed by atoms with E-state index in [2.05, 4.69) is 36.5 Å². The predicted molar refractivity (Wildman–Crippen MR) is 60.5 cm³/mol. The Morgan fingerprint density at radius 3 is 2.71 bits per heavy atom. The maximum atomic E-state index is 4.23. The number of rotatable bonds is 1. The second-order valence-corrected chi connectivity index (χ2v) is 5.90.